The van der Waals surface area contributed by atoms with Gasteiger partial charge in [-0.1, -0.05) is 185 Å². The van der Waals surface area contributed by atoms with Gasteiger partial charge >= 0.3 is 18.9 Å². The SMILES string of the molecule is C.C.C#Cc1ccc(C#N)cc1F.C[Si](C)(C)[N-][Si](C)(C)C.Fc1c(Br)cccc1Br.N#Cc1ccc(C#Cc2cccc(C#Cc3ccc(C#N)cc3F)c2F)c(F)c1.N#Cc1ccc(CCc2cccc(CCc3ccc(C#N)cc3F)c2F)c(F)c1.N=C(N)c1ccc(CCc2cccc(CCc3ccc(C(=N)N)cc3F)c2F)c(F)c1.[Li+]. The Bertz CT molecular complexity index is 5620. The summed E-state index contributed by atoms with van der Waals surface area (Å²) in [7, 11) is -2.21. The quantitative estimate of drug-likeness (QED) is 0.0182. The summed E-state index contributed by atoms with van der Waals surface area (Å²) in [5.41, 5.74) is 16.2. The molecule has 0 bridgehead atoms. The minimum atomic E-state index is -1.11. The number of nitrogen functional groups attached to an aromatic ring is 2. The number of benzene rings is 11. The molecule has 0 spiro atoms. The first-order valence-electron chi connectivity index (χ1n) is 35.9. The van der Waals surface area contributed by atoms with Gasteiger partial charge in [-0.3, -0.25) is 10.8 Å². The van der Waals surface area contributed by atoms with Crippen LogP contribution in [-0.2, 0) is 51.4 Å². The summed E-state index contributed by atoms with van der Waals surface area (Å²) in [6.07, 6.45) is 7.41. The summed E-state index contributed by atoms with van der Waals surface area (Å²) in [5, 5.41) is 58.2. The summed E-state index contributed by atoms with van der Waals surface area (Å²) in [5.74, 6) is 6.41. The van der Waals surface area contributed by atoms with Crippen molar-refractivity contribution in [2.75, 3.05) is 0 Å². The number of aryl methyl sites for hydroxylation is 8. The van der Waals surface area contributed by atoms with Crippen LogP contribution in [0.4, 0.5) is 48.3 Å². The number of nitriles is 5. The van der Waals surface area contributed by atoms with Gasteiger partial charge in [-0.15, -0.1) is 6.42 Å². The van der Waals surface area contributed by atoms with Gasteiger partial charge in [0.1, 0.15) is 64.0 Å². The summed E-state index contributed by atoms with van der Waals surface area (Å²) < 4.78 is 160. The van der Waals surface area contributed by atoms with Gasteiger partial charge in [0.25, 0.3) is 0 Å². The summed E-state index contributed by atoms with van der Waals surface area (Å²) in [6, 6.07) is 57.5. The van der Waals surface area contributed by atoms with Crippen LogP contribution >= 0.6 is 31.9 Å². The molecule has 0 atom stereocenters. The van der Waals surface area contributed by atoms with Crippen molar-refractivity contribution in [3.8, 4) is 66.4 Å². The molecule has 0 aliphatic carbocycles. The Balaban J connectivity index is 0.000000397. The number of nitrogens with two attached hydrogens (primary N) is 2. The van der Waals surface area contributed by atoms with Gasteiger partial charge in [-0.25, -0.2) is 48.3 Å². The van der Waals surface area contributed by atoms with Gasteiger partial charge < -0.3 is 16.1 Å². The molecule has 11 rings (SSSR count). The van der Waals surface area contributed by atoms with E-state index >= 15 is 0 Å². The molecule has 612 valence electrons. The normalized spacial score (nSPS) is 9.99. The van der Waals surface area contributed by atoms with E-state index in [4.69, 9.17) is 59.7 Å². The third-order valence-electron chi connectivity index (χ3n) is 16.8. The van der Waals surface area contributed by atoms with Gasteiger partial charge in [-0.2, -0.15) is 26.3 Å². The predicted molar refractivity (Wildman–Crippen MR) is 464 cm³/mol. The Morgan fingerprint density at radius 1 is 0.331 bits per heavy atom. The van der Waals surface area contributed by atoms with E-state index in [0.717, 1.165) is 18.2 Å². The molecular weight excluding hydrogens is 1710 g/mol. The van der Waals surface area contributed by atoms with E-state index in [2.05, 4.69) is 101 Å². The second-order valence-corrected chi connectivity index (χ2v) is 39.1. The maximum absolute atomic E-state index is 14.9. The van der Waals surface area contributed by atoms with Crippen molar-refractivity contribution in [2.45, 2.75) is 106 Å². The average Bonchev–Trinajstić information content (AvgIpc) is 0.825. The molecule has 0 aliphatic rings. The second-order valence-electron chi connectivity index (χ2n) is 27.8. The first-order chi connectivity index (χ1) is 56.0. The largest absolute Gasteiger partial charge is 1.00 e. The topological polar surface area (TPSA) is 233 Å². The number of halogens is 13. The van der Waals surface area contributed by atoms with Crippen molar-refractivity contribution in [2.24, 2.45) is 11.5 Å². The maximum atomic E-state index is 14.9. The average molecular weight is 1800 g/mol. The van der Waals surface area contributed by atoms with E-state index in [1.54, 1.807) is 91.0 Å². The van der Waals surface area contributed by atoms with Crippen LogP contribution in [0.1, 0.15) is 126 Å². The van der Waals surface area contributed by atoms with Crippen molar-refractivity contribution in [3.63, 3.8) is 0 Å². The van der Waals surface area contributed by atoms with Crippen LogP contribution in [0.5, 0.6) is 0 Å². The van der Waals surface area contributed by atoms with Crippen LogP contribution in [-0.4, -0.2) is 28.1 Å². The van der Waals surface area contributed by atoms with E-state index in [1.165, 1.54) is 91.0 Å². The molecule has 121 heavy (non-hydrogen) atoms. The van der Waals surface area contributed by atoms with E-state index in [0.29, 0.717) is 116 Å². The van der Waals surface area contributed by atoms with Crippen LogP contribution in [0, 0.1) is 167 Å². The molecule has 0 radical (unpaired) electrons. The number of amidine groups is 2. The number of terminal acetylenes is 1. The fourth-order valence-corrected chi connectivity index (χ4v) is 20.2. The first-order valence-corrected chi connectivity index (χ1v) is 44.3. The molecule has 0 fully saturated rings. The van der Waals surface area contributed by atoms with Gasteiger partial charge in [0, 0.05) is 11.1 Å². The zero-order chi connectivity index (χ0) is 87.0. The molecule has 26 heteroatoms. The Morgan fingerprint density at radius 2 is 0.579 bits per heavy atom. The van der Waals surface area contributed by atoms with E-state index < -0.39 is 63.0 Å². The molecule has 0 saturated carbocycles. The Hall–Kier alpha value is -12.3. The maximum Gasteiger partial charge on any atom is 1.00 e. The molecule has 0 amide bonds. The minimum absolute atomic E-state index is 0. The number of nitrogens with zero attached hydrogens (tertiary/aromatic N) is 6. The molecule has 0 unspecified atom stereocenters. The van der Waals surface area contributed by atoms with E-state index in [1.807, 2.05) is 30.3 Å². The molecular formula is C95H82Br2F11LiN10Si2. The molecule has 0 aliphatic heterocycles. The first kappa shape index (κ1) is 103. The molecule has 0 saturated heterocycles. The van der Waals surface area contributed by atoms with Crippen LogP contribution < -0.4 is 30.3 Å². The molecule has 0 aromatic heterocycles. The van der Waals surface area contributed by atoms with E-state index in [9.17, 15) is 48.3 Å². The van der Waals surface area contributed by atoms with Crippen molar-refractivity contribution in [1.29, 1.82) is 37.1 Å². The zero-order valence-electron chi connectivity index (χ0n) is 65.5. The van der Waals surface area contributed by atoms with Crippen LogP contribution in [0.3, 0.4) is 0 Å². The summed E-state index contributed by atoms with van der Waals surface area (Å²) in [4.78, 5) is 0. The van der Waals surface area contributed by atoms with Gasteiger partial charge in [0.2, 0.25) is 0 Å². The molecule has 11 aromatic carbocycles. The van der Waals surface area contributed by atoms with Gasteiger partial charge in [-0.05, 0) is 243 Å². The Labute approximate surface area is 731 Å². The van der Waals surface area contributed by atoms with Gasteiger partial charge in [0.05, 0.1) is 94.9 Å². The number of nitrogens with one attached hydrogen (secondary N) is 2. The van der Waals surface area contributed by atoms with Crippen molar-refractivity contribution in [3.05, 3.63) is 389 Å². The molecule has 11 aromatic rings. The molecule has 0 heterocycles. The van der Waals surface area contributed by atoms with Gasteiger partial charge in [0.15, 0.2) is 11.6 Å². The minimum Gasteiger partial charge on any atom is -0.668 e. The van der Waals surface area contributed by atoms with Crippen molar-refractivity contribution in [1.82, 2.24) is 0 Å². The Kier molecular flexibility index (Phi) is 42.4. The molecule has 6 N–H and O–H groups in total. The summed E-state index contributed by atoms with van der Waals surface area (Å²) >= 11 is 6.08. The van der Waals surface area contributed by atoms with Crippen LogP contribution in [0.2, 0.25) is 39.3 Å². The van der Waals surface area contributed by atoms with E-state index in [-0.39, 0.29) is 118 Å². The standard InChI is InChI=1S/C24H23F3N4.C24H17F3N2.C24H9F3N2.C9H4FN.C6H3Br2F.C6H18NSi2.2CH4.Li/c25-20-12-18(23(28)29)10-6-14(20)4-8-16-2-1-3-17(22(16)27)9-5-15-7-11-19(24(30)31)13-21(15)26;2*25-22-12-16(14-28)4-6-18(22)8-10-20-2-1-3-21(24(20)27)11-9-19-7-5-17(15-29)13-23(19)26;1-2-8-4-3-7(6-11)5-9(8)10;7-4-2-1-3-5(8)6(4)9;1-8(2,3)7-9(4,5)6;;;/h1-3,6-7,10-13H,4-5,8-9H2,(H3,28,29)(H3,30,31);1-7,12-13H,8-11H2;1-7,12-13H;1,3-5H;1-3H;1-6H3;2*1H4;/q;;;;;-1;;;+1. The third-order valence-corrected chi connectivity index (χ3v) is 23.3. The molecule has 10 nitrogen and oxygen atoms in total. The Morgan fingerprint density at radius 3 is 0.826 bits per heavy atom. The van der Waals surface area contributed by atoms with Crippen molar-refractivity contribution < 1.29 is 67.2 Å². The van der Waals surface area contributed by atoms with Crippen LogP contribution in [0.25, 0.3) is 4.65 Å². The second kappa shape index (κ2) is 49.9. The number of rotatable bonds is 16. The number of hydrogen-bond donors (Lipinski definition) is 4. The fraction of sp³-hybridized carbons (Fsp3) is 0.168. The smallest absolute Gasteiger partial charge is 0.668 e. The third kappa shape index (κ3) is 33.1. The van der Waals surface area contributed by atoms with Crippen molar-refractivity contribution >= 4 is 60.0 Å². The fourth-order valence-electron chi connectivity index (χ4n) is 11.1. The predicted octanol–water partition coefficient (Wildman–Crippen LogP) is 20.6. The summed E-state index contributed by atoms with van der Waals surface area (Å²) in [6.45, 7) is 13.8. The monoisotopic (exact) mass is 1790 g/mol. The van der Waals surface area contributed by atoms with Crippen LogP contribution in [0.15, 0.2) is 209 Å². The number of hydrogen-bond acceptors (Lipinski definition) is 7. The zero-order valence-corrected chi connectivity index (χ0v) is 70.7.